The zero-order valence-corrected chi connectivity index (χ0v) is 13.7. The van der Waals surface area contributed by atoms with E-state index in [0.29, 0.717) is 11.3 Å². The van der Waals surface area contributed by atoms with Gasteiger partial charge in [0.1, 0.15) is 0 Å². The number of benzene rings is 1. The smallest absolute Gasteiger partial charge is 0.344 e. The van der Waals surface area contributed by atoms with Gasteiger partial charge in [-0.3, -0.25) is 5.43 Å². The third kappa shape index (κ3) is 5.74. The minimum absolute atomic E-state index is 0.0451. The van der Waals surface area contributed by atoms with Gasteiger partial charge in [-0.1, -0.05) is 11.6 Å². The lowest BCUT2D eigenvalue weighted by atomic mass is 10.2. The number of rotatable bonds is 7. The average molecular weight is 346 g/mol. The van der Waals surface area contributed by atoms with Crippen molar-refractivity contribution in [3.63, 3.8) is 0 Å². The number of esters is 1. The molecule has 0 atom stereocenters. The molecule has 0 bridgehead atoms. The summed E-state index contributed by atoms with van der Waals surface area (Å²) in [6.07, 6.45) is 1.46. The monoisotopic (exact) mass is 345 g/mol. The maximum absolute atomic E-state index is 11.3. The van der Waals surface area contributed by atoms with E-state index in [1.54, 1.807) is 19.1 Å². The normalized spacial score (nSPS) is 10.3. The molecule has 0 aliphatic carbocycles. The summed E-state index contributed by atoms with van der Waals surface area (Å²) < 4.78 is 15.3. The standard InChI is InChI=1S/C13H16ClN3O4S/c1-3-20-11(18)7-21-12-9(14)4-8(5-10(12)19-2)6-16-17-13(15)22/h4-6H,3,7H2,1-2H3,(H3,15,17,22)/b16-6+. The van der Waals surface area contributed by atoms with E-state index in [1.807, 2.05) is 0 Å². The molecule has 0 amide bonds. The molecule has 0 radical (unpaired) electrons. The van der Waals surface area contributed by atoms with Gasteiger partial charge in [0.05, 0.1) is 25.0 Å². The van der Waals surface area contributed by atoms with E-state index in [-0.39, 0.29) is 29.1 Å². The quantitative estimate of drug-likeness (QED) is 0.334. The highest BCUT2D eigenvalue weighted by Gasteiger charge is 2.13. The molecule has 0 spiro atoms. The number of thiocarbonyl (C=S) groups is 1. The molecule has 1 aromatic carbocycles. The number of halogens is 1. The highest BCUT2D eigenvalue weighted by Crippen LogP contribution is 2.36. The van der Waals surface area contributed by atoms with Crippen molar-refractivity contribution in [3.05, 3.63) is 22.7 Å². The summed E-state index contributed by atoms with van der Waals surface area (Å²) in [5, 5.41) is 4.12. The molecule has 0 unspecified atom stereocenters. The molecule has 0 aliphatic rings. The van der Waals surface area contributed by atoms with Gasteiger partial charge in [-0.2, -0.15) is 5.10 Å². The highest BCUT2D eigenvalue weighted by atomic mass is 35.5. The van der Waals surface area contributed by atoms with E-state index >= 15 is 0 Å². The molecule has 1 aromatic rings. The molecule has 1 rings (SSSR count). The van der Waals surface area contributed by atoms with Crippen LogP contribution in [0, 0.1) is 0 Å². The molecule has 120 valence electrons. The summed E-state index contributed by atoms with van der Waals surface area (Å²) in [6.45, 7) is 1.72. The van der Waals surface area contributed by atoms with Crippen LogP contribution in [0.15, 0.2) is 17.2 Å². The van der Waals surface area contributed by atoms with Crippen LogP contribution in [-0.2, 0) is 9.53 Å². The fourth-order valence-corrected chi connectivity index (χ4v) is 1.78. The van der Waals surface area contributed by atoms with Crippen LogP contribution in [-0.4, -0.2) is 37.6 Å². The van der Waals surface area contributed by atoms with Crippen molar-refractivity contribution in [3.8, 4) is 11.5 Å². The van der Waals surface area contributed by atoms with Gasteiger partial charge in [0.15, 0.2) is 23.2 Å². The number of nitrogens with zero attached hydrogens (tertiary/aromatic N) is 1. The van der Waals surface area contributed by atoms with Crippen molar-refractivity contribution >= 4 is 41.1 Å². The van der Waals surface area contributed by atoms with Crippen LogP contribution in [0.4, 0.5) is 0 Å². The number of hydrogen-bond donors (Lipinski definition) is 2. The minimum atomic E-state index is -0.494. The third-order valence-electron chi connectivity index (χ3n) is 2.28. The number of methoxy groups -OCH3 is 1. The maximum atomic E-state index is 11.3. The Balaban J connectivity index is 2.88. The molecule has 0 aromatic heterocycles. The summed E-state index contributed by atoms with van der Waals surface area (Å²) >= 11 is 10.8. The number of carbonyl (C=O) groups excluding carboxylic acids is 1. The van der Waals surface area contributed by atoms with Gasteiger partial charge in [-0.25, -0.2) is 4.79 Å². The lowest BCUT2D eigenvalue weighted by Gasteiger charge is -2.12. The van der Waals surface area contributed by atoms with Crippen LogP contribution >= 0.6 is 23.8 Å². The second-order valence-corrected chi connectivity index (χ2v) is 4.71. The van der Waals surface area contributed by atoms with Crippen molar-refractivity contribution in [1.82, 2.24) is 5.43 Å². The average Bonchev–Trinajstić information content (AvgIpc) is 2.45. The van der Waals surface area contributed by atoms with Crippen LogP contribution in [0.3, 0.4) is 0 Å². The fourth-order valence-electron chi connectivity index (χ4n) is 1.46. The molecule has 22 heavy (non-hydrogen) atoms. The number of hydrazone groups is 1. The molecule has 0 saturated carbocycles. The number of hydrogen-bond acceptors (Lipinski definition) is 6. The first-order valence-electron chi connectivity index (χ1n) is 6.22. The van der Waals surface area contributed by atoms with Gasteiger partial charge in [0.25, 0.3) is 0 Å². The molecule has 0 heterocycles. The lowest BCUT2D eigenvalue weighted by Crippen LogP contribution is -2.24. The Kier molecular flexibility index (Phi) is 7.41. The Labute approximate surface area is 138 Å². The van der Waals surface area contributed by atoms with Crippen molar-refractivity contribution in [2.45, 2.75) is 6.92 Å². The Hall–Kier alpha value is -2.06. The summed E-state index contributed by atoms with van der Waals surface area (Å²) in [5.74, 6) is 0.108. The Bertz CT molecular complexity index is 581. The van der Waals surface area contributed by atoms with Crippen LogP contribution in [0.5, 0.6) is 11.5 Å². The van der Waals surface area contributed by atoms with Crippen molar-refractivity contribution in [1.29, 1.82) is 0 Å². The topological polar surface area (TPSA) is 95.2 Å². The van der Waals surface area contributed by atoms with Gasteiger partial charge in [-0.05, 0) is 36.8 Å². The molecule has 0 fully saturated rings. The van der Waals surface area contributed by atoms with Crippen LogP contribution in [0.1, 0.15) is 12.5 Å². The van der Waals surface area contributed by atoms with Gasteiger partial charge in [0.2, 0.25) is 0 Å². The zero-order chi connectivity index (χ0) is 16.5. The number of carbonyl (C=O) groups is 1. The summed E-state index contributed by atoms with van der Waals surface area (Å²) in [4.78, 5) is 11.3. The minimum Gasteiger partial charge on any atom is -0.493 e. The molecule has 0 aliphatic heterocycles. The van der Waals surface area contributed by atoms with Crippen molar-refractivity contribution < 1.29 is 19.0 Å². The maximum Gasteiger partial charge on any atom is 0.344 e. The Morgan fingerprint density at radius 2 is 2.27 bits per heavy atom. The first kappa shape index (κ1) is 18.0. The molecule has 9 heteroatoms. The number of ether oxygens (including phenoxy) is 3. The van der Waals surface area contributed by atoms with E-state index in [1.165, 1.54) is 13.3 Å². The largest absolute Gasteiger partial charge is 0.493 e. The second kappa shape index (κ2) is 9.06. The Morgan fingerprint density at radius 1 is 1.55 bits per heavy atom. The van der Waals surface area contributed by atoms with Gasteiger partial charge in [0, 0.05) is 0 Å². The molecular weight excluding hydrogens is 330 g/mol. The van der Waals surface area contributed by atoms with E-state index in [9.17, 15) is 4.79 Å². The fraction of sp³-hybridized carbons (Fsp3) is 0.308. The first-order valence-corrected chi connectivity index (χ1v) is 7.01. The van der Waals surface area contributed by atoms with E-state index in [4.69, 9.17) is 31.5 Å². The second-order valence-electron chi connectivity index (χ2n) is 3.86. The van der Waals surface area contributed by atoms with E-state index in [2.05, 4.69) is 22.7 Å². The number of nitrogens with one attached hydrogen (secondary N) is 1. The zero-order valence-electron chi connectivity index (χ0n) is 12.1. The van der Waals surface area contributed by atoms with Gasteiger partial charge < -0.3 is 19.9 Å². The lowest BCUT2D eigenvalue weighted by molar-refractivity contribution is -0.145. The van der Waals surface area contributed by atoms with Crippen LogP contribution in [0.2, 0.25) is 5.02 Å². The predicted molar refractivity (Wildman–Crippen MR) is 87.6 cm³/mol. The molecule has 3 N–H and O–H groups in total. The molecule has 7 nitrogen and oxygen atoms in total. The summed E-state index contributed by atoms with van der Waals surface area (Å²) in [7, 11) is 1.46. The summed E-state index contributed by atoms with van der Waals surface area (Å²) in [5.41, 5.74) is 8.31. The van der Waals surface area contributed by atoms with Crippen molar-refractivity contribution in [2.24, 2.45) is 10.8 Å². The highest BCUT2D eigenvalue weighted by molar-refractivity contribution is 7.80. The number of nitrogens with two attached hydrogens (primary N) is 1. The van der Waals surface area contributed by atoms with Crippen LogP contribution < -0.4 is 20.6 Å². The molecular formula is C13H16ClN3O4S. The third-order valence-corrected chi connectivity index (χ3v) is 2.65. The summed E-state index contributed by atoms with van der Waals surface area (Å²) in [6, 6.07) is 3.23. The SMILES string of the molecule is CCOC(=O)COc1c(Cl)cc(/C=N/NC(N)=S)cc1OC. The molecule has 0 saturated heterocycles. The first-order chi connectivity index (χ1) is 10.5. The van der Waals surface area contributed by atoms with Gasteiger partial charge >= 0.3 is 5.97 Å². The van der Waals surface area contributed by atoms with E-state index in [0.717, 1.165) is 0 Å². The van der Waals surface area contributed by atoms with E-state index < -0.39 is 5.97 Å². The van der Waals surface area contributed by atoms with Crippen LogP contribution in [0.25, 0.3) is 0 Å². The Morgan fingerprint density at radius 3 is 2.86 bits per heavy atom. The van der Waals surface area contributed by atoms with Gasteiger partial charge in [-0.15, -0.1) is 0 Å². The predicted octanol–water partition coefficient (Wildman–Crippen LogP) is 1.46. The van der Waals surface area contributed by atoms with Crippen molar-refractivity contribution in [2.75, 3.05) is 20.3 Å².